The highest BCUT2D eigenvalue weighted by Gasteiger charge is 2.25. The molecule has 0 atom stereocenters. The van der Waals surface area contributed by atoms with Gasteiger partial charge in [0.2, 0.25) is 11.7 Å². The van der Waals surface area contributed by atoms with E-state index in [1.165, 1.54) is 38.5 Å². The molecule has 0 N–H and O–H groups in total. The number of rotatable bonds is 9. The molecule has 4 rings (SSSR count). The van der Waals surface area contributed by atoms with Crippen LogP contribution in [0.3, 0.4) is 0 Å². The number of benzene rings is 1. The van der Waals surface area contributed by atoms with Crippen LogP contribution in [-0.2, 0) is 11.3 Å². The van der Waals surface area contributed by atoms with E-state index < -0.39 is 0 Å². The van der Waals surface area contributed by atoms with E-state index >= 15 is 0 Å². The Hall–Kier alpha value is -2.28. The minimum Gasteiger partial charge on any atom is -0.343 e. The molecule has 0 radical (unpaired) electrons. The molecule has 7 nitrogen and oxygen atoms in total. The van der Waals surface area contributed by atoms with Crippen molar-refractivity contribution < 1.29 is 4.79 Å². The smallest absolute Gasteiger partial charge is 0.222 e. The van der Waals surface area contributed by atoms with Gasteiger partial charge >= 0.3 is 0 Å². The summed E-state index contributed by atoms with van der Waals surface area (Å²) in [5.41, 5.74) is 1.01. The van der Waals surface area contributed by atoms with Crippen molar-refractivity contribution in [3.05, 3.63) is 30.3 Å². The molecule has 0 unspecified atom stereocenters. The van der Waals surface area contributed by atoms with Gasteiger partial charge in [-0.25, -0.2) is 0 Å². The first-order valence-electron chi connectivity index (χ1n) is 11.6. The number of hydrogen-bond donors (Lipinski definition) is 0. The van der Waals surface area contributed by atoms with Crippen LogP contribution in [0.2, 0.25) is 0 Å². The number of piperidine rings is 1. The fourth-order valence-electron chi connectivity index (χ4n) is 4.56. The van der Waals surface area contributed by atoms with Gasteiger partial charge in [-0.05, 0) is 69.3 Å². The van der Waals surface area contributed by atoms with Crippen LogP contribution < -0.4 is 0 Å². The Morgan fingerprint density at radius 1 is 0.933 bits per heavy atom. The molecule has 2 fully saturated rings. The maximum absolute atomic E-state index is 12.3. The van der Waals surface area contributed by atoms with E-state index in [0.29, 0.717) is 17.6 Å². The fraction of sp³-hybridized carbons (Fsp3) is 0.652. The summed E-state index contributed by atoms with van der Waals surface area (Å²) in [5, 5.41) is 12.8. The van der Waals surface area contributed by atoms with E-state index in [-0.39, 0.29) is 0 Å². The molecule has 1 aromatic carbocycles. The van der Waals surface area contributed by atoms with E-state index in [0.717, 1.165) is 57.7 Å². The van der Waals surface area contributed by atoms with Gasteiger partial charge in [0.1, 0.15) is 0 Å². The summed E-state index contributed by atoms with van der Waals surface area (Å²) in [6.07, 6.45) is 8.94. The van der Waals surface area contributed by atoms with Crippen LogP contribution in [0.25, 0.3) is 11.4 Å². The van der Waals surface area contributed by atoms with Crippen LogP contribution >= 0.6 is 0 Å². The molecule has 162 valence electrons. The summed E-state index contributed by atoms with van der Waals surface area (Å²) in [7, 11) is 0. The SMILES string of the molecule is O=C(CC1CCN(CCCCCn2nnc(-c3ccccc3)n2)CC1)N1CCCC1. The zero-order chi connectivity index (χ0) is 20.6. The fourth-order valence-corrected chi connectivity index (χ4v) is 4.56. The van der Waals surface area contributed by atoms with Crippen LogP contribution in [0, 0.1) is 5.92 Å². The standard InChI is InChI=1S/C23H34N6O/c30-22(28-14-7-8-15-28)19-20-11-17-27(18-12-20)13-5-2-6-16-29-25-23(24-26-29)21-9-3-1-4-10-21/h1,3-4,9-10,20H,2,5-8,11-19H2. The van der Waals surface area contributed by atoms with E-state index in [1.807, 2.05) is 30.3 Å². The number of aromatic nitrogens is 4. The predicted molar refractivity (Wildman–Crippen MR) is 117 cm³/mol. The van der Waals surface area contributed by atoms with E-state index in [2.05, 4.69) is 25.2 Å². The molecule has 0 saturated carbocycles. The highest BCUT2D eigenvalue weighted by molar-refractivity contribution is 5.76. The largest absolute Gasteiger partial charge is 0.343 e. The van der Waals surface area contributed by atoms with Crippen molar-refractivity contribution >= 4 is 5.91 Å². The van der Waals surface area contributed by atoms with E-state index in [9.17, 15) is 4.79 Å². The van der Waals surface area contributed by atoms with Gasteiger partial charge in [0.05, 0.1) is 6.54 Å². The zero-order valence-electron chi connectivity index (χ0n) is 18.0. The summed E-state index contributed by atoms with van der Waals surface area (Å²) in [6, 6.07) is 9.98. The molecular weight excluding hydrogens is 376 g/mol. The number of aryl methyl sites for hydroxylation is 1. The third-order valence-electron chi connectivity index (χ3n) is 6.45. The highest BCUT2D eigenvalue weighted by atomic mass is 16.2. The third-order valence-corrected chi connectivity index (χ3v) is 6.45. The van der Waals surface area contributed by atoms with Gasteiger partial charge in [0.15, 0.2) is 0 Å². The molecule has 1 aromatic heterocycles. The Kier molecular flexibility index (Phi) is 7.45. The number of carbonyl (C=O) groups is 1. The van der Waals surface area contributed by atoms with Crippen molar-refractivity contribution in [3.8, 4) is 11.4 Å². The second-order valence-corrected chi connectivity index (χ2v) is 8.71. The zero-order valence-corrected chi connectivity index (χ0v) is 18.0. The van der Waals surface area contributed by atoms with Crippen LogP contribution in [0.4, 0.5) is 0 Å². The maximum atomic E-state index is 12.3. The molecule has 0 aliphatic carbocycles. The van der Waals surface area contributed by atoms with Gasteiger partial charge < -0.3 is 9.80 Å². The molecule has 3 heterocycles. The minimum atomic E-state index is 0.392. The topological polar surface area (TPSA) is 67.2 Å². The first kappa shape index (κ1) is 21.0. The first-order valence-corrected chi connectivity index (χ1v) is 11.6. The number of unbranched alkanes of at least 4 members (excludes halogenated alkanes) is 2. The van der Waals surface area contributed by atoms with Gasteiger partial charge in [0.25, 0.3) is 0 Å². The van der Waals surface area contributed by atoms with Crippen LogP contribution in [0.1, 0.15) is 51.4 Å². The molecule has 2 aliphatic heterocycles. The van der Waals surface area contributed by atoms with Crippen LogP contribution in [0.5, 0.6) is 0 Å². The lowest BCUT2D eigenvalue weighted by atomic mass is 9.93. The molecule has 2 saturated heterocycles. The quantitative estimate of drug-likeness (QED) is 0.594. The van der Waals surface area contributed by atoms with Gasteiger partial charge in [-0.15, -0.1) is 10.2 Å². The Morgan fingerprint density at radius 2 is 1.67 bits per heavy atom. The second kappa shape index (κ2) is 10.7. The molecule has 30 heavy (non-hydrogen) atoms. The Bertz CT molecular complexity index is 778. The molecule has 7 heteroatoms. The predicted octanol–water partition coefficient (Wildman–Crippen LogP) is 3.23. The van der Waals surface area contributed by atoms with Crippen LogP contribution in [0.15, 0.2) is 30.3 Å². The summed E-state index contributed by atoms with van der Waals surface area (Å²) in [5.74, 6) is 1.68. The lowest BCUT2D eigenvalue weighted by Gasteiger charge is -2.32. The van der Waals surface area contributed by atoms with E-state index in [4.69, 9.17) is 0 Å². The van der Waals surface area contributed by atoms with Crippen molar-refractivity contribution in [1.82, 2.24) is 30.0 Å². The highest BCUT2D eigenvalue weighted by Crippen LogP contribution is 2.23. The van der Waals surface area contributed by atoms with Crippen molar-refractivity contribution in [3.63, 3.8) is 0 Å². The number of carbonyl (C=O) groups excluding carboxylic acids is 1. The summed E-state index contributed by atoms with van der Waals surface area (Å²) >= 11 is 0. The number of nitrogens with zero attached hydrogens (tertiary/aromatic N) is 6. The number of likely N-dealkylation sites (tertiary alicyclic amines) is 2. The number of amides is 1. The van der Waals surface area contributed by atoms with Gasteiger partial charge in [-0.1, -0.05) is 36.8 Å². The van der Waals surface area contributed by atoms with Crippen molar-refractivity contribution in [2.45, 2.75) is 57.9 Å². The van der Waals surface area contributed by atoms with Crippen LogP contribution in [-0.4, -0.2) is 68.6 Å². The van der Waals surface area contributed by atoms with E-state index in [1.54, 1.807) is 4.80 Å². The Morgan fingerprint density at radius 3 is 2.43 bits per heavy atom. The molecule has 1 amide bonds. The van der Waals surface area contributed by atoms with Gasteiger partial charge in [0, 0.05) is 25.1 Å². The number of tetrazole rings is 1. The van der Waals surface area contributed by atoms with Gasteiger partial charge in [-0.3, -0.25) is 4.79 Å². The average Bonchev–Trinajstić information content (AvgIpc) is 3.48. The second-order valence-electron chi connectivity index (χ2n) is 8.71. The van der Waals surface area contributed by atoms with Crippen molar-refractivity contribution in [2.24, 2.45) is 5.92 Å². The average molecular weight is 411 g/mol. The maximum Gasteiger partial charge on any atom is 0.222 e. The summed E-state index contributed by atoms with van der Waals surface area (Å²) < 4.78 is 0. The van der Waals surface area contributed by atoms with Crippen molar-refractivity contribution in [2.75, 3.05) is 32.7 Å². The summed E-state index contributed by atoms with van der Waals surface area (Å²) in [6.45, 7) is 6.23. The molecule has 0 bridgehead atoms. The normalized spacial score (nSPS) is 18.2. The van der Waals surface area contributed by atoms with Crippen molar-refractivity contribution in [1.29, 1.82) is 0 Å². The Balaban J connectivity index is 1.07. The molecule has 2 aliphatic rings. The molecular formula is C23H34N6O. The first-order chi connectivity index (χ1) is 14.8. The molecule has 2 aromatic rings. The Labute approximate surface area is 179 Å². The molecule has 0 spiro atoms. The van der Waals surface area contributed by atoms with Gasteiger partial charge in [-0.2, -0.15) is 4.80 Å². The lowest BCUT2D eigenvalue weighted by molar-refractivity contribution is -0.131. The minimum absolute atomic E-state index is 0.392. The monoisotopic (exact) mass is 410 g/mol. The third kappa shape index (κ3) is 5.88. The number of hydrogen-bond acceptors (Lipinski definition) is 5. The lowest BCUT2D eigenvalue weighted by Crippen LogP contribution is -2.37. The summed E-state index contributed by atoms with van der Waals surface area (Å²) in [4.78, 5) is 18.7.